The van der Waals surface area contributed by atoms with Gasteiger partial charge in [-0.2, -0.15) is 5.10 Å². The van der Waals surface area contributed by atoms with Crippen molar-refractivity contribution in [3.63, 3.8) is 0 Å². The van der Waals surface area contributed by atoms with Gasteiger partial charge in [0.15, 0.2) is 0 Å². The molecule has 2 heterocycles. The largest absolute Gasteiger partial charge is 0.329 e. The van der Waals surface area contributed by atoms with E-state index in [-0.39, 0.29) is 30.2 Å². The maximum Gasteiger partial charge on any atom is 0.257 e. The van der Waals surface area contributed by atoms with Crippen molar-refractivity contribution >= 4 is 18.3 Å². The van der Waals surface area contributed by atoms with Gasteiger partial charge in [-0.05, 0) is 24.6 Å². The van der Waals surface area contributed by atoms with E-state index in [2.05, 4.69) is 10.4 Å². The number of hydrogen-bond acceptors (Lipinski definition) is 3. The van der Waals surface area contributed by atoms with Gasteiger partial charge >= 0.3 is 0 Å². The van der Waals surface area contributed by atoms with E-state index in [0.717, 1.165) is 18.7 Å². The van der Waals surface area contributed by atoms with E-state index < -0.39 is 0 Å². The lowest BCUT2D eigenvalue weighted by molar-refractivity contribution is 0.0634. The molecule has 1 fully saturated rings. The van der Waals surface area contributed by atoms with Crippen LogP contribution in [0.1, 0.15) is 28.9 Å². The summed E-state index contributed by atoms with van der Waals surface area (Å²) < 4.78 is 15.2. The number of nitrogens with zero attached hydrogens (tertiary/aromatic N) is 3. The topological polar surface area (TPSA) is 50.2 Å². The van der Waals surface area contributed by atoms with E-state index in [4.69, 9.17) is 0 Å². The number of rotatable bonds is 3. The molecule has 0 radical (unpaired) electrons. The van der Waals surface area contributed by atoms with E-state index in [1.807, 2.05) is 13.0 Å². The first kappa shape index (κ1) is 17.4. The summed E-state index contributed by atoms with van der Waals surface area (Å²) in [5, 5.41) is 7.42. The molecule has 1 aromatic carbocycles. The SMILES string of the molecule is CCn1cc(C(=O)N2CCNCC2c2cccc(F)c2)cn1.Cl. The van der Waals surface area contributed by atoms with Crippen molar-refractivity contribution in [2.24, 2.45) is 0 Å². The maximum absolute atomic E-state index is 13.5. The van der Waals surface area contributed by atoms with Gasteiger partial charge in [0.25, 0.3) is 5.91 Å². The first-order chi connectivity index (χ1) is 10.7. The van der Waals surface area contributed by atoms with Gasteiger partial charge in [-0.1, -0.05) is 12.1 Å². The van der Waals surface area contributed by atoms with Crippen LogP contribution >= 0.6 is 12.4 Å². The zero-order valence-electron chi connectivity index (χ0n) is 12.9. The Balaban J connectivity index is 0.00000192. The lowest BCUT2D eigenvalue weighted by atomic mass is 10.0. The van der Waals surface area contributed by atoms with Gasteiger partial charge in [-0.15, -0.1) is 12.4 Å². The number of nitrogens with one attached hydrogen (secondary N) is 1. The summed E-state index contributed by atoms with van der Waals surface area (Å²) in [6.45, 7) is 4.65. The summed E-state index contributed by atoms with van der Waals surface area (Å²) in [6, 6.07) is 6.28. The molecule has 1 aliphatic heterocycles. The summed E-state index contributed by atoms with van der Waals surface area (Å²) >= 11 is 0. The Bertz CT molecular complexity index is 676. The molecule has 7 heteroatoms. The van der Waals surface area contributed by atoms with Gasteiger partial charge in [-0.3, -0.25) is 9.48 Å². The van der Waals surface area contributed by atoms with Crippen molar-refractivity contribution in [1.29, 1.82) is 0 Å². The second kappa shape index (κ2) is 7.57. The molecule has 2 aromatic rings. The van der Waals surface area contributed by atoms with Gasteiger partial charge < -0.3 is 10.2 Å². The highest BCUT2D eigenvalue weighted by Crippen LogP contribution is 2.24. The van der Waals surface area contributed by atoms with Crippen LogP contribution in [0.2, 0.25) is 0 Å². The normalized spacial score (nSPS) is 17.7. The molecule has 1 atom stereocenters. The number of carbonyl (C=O) groups is 1. The molecule has 1 saturated heterocycles. The molecule has 0 aliphatic carbocycles. The molecule has 0 bridgehead atoms. The van der Waals surface area contributed by atoms with Crippen LogP contribution in [0.3, 0.4) is 0 Å². The summed E-state index contributed by atoms with van der Waals surface area (Å²) in [6.07, 6.45) is 3.35. The highest BCUT2D eigenvalue weighted by Gasteiger charge is 2.29. The van der Waals surface area contributed by atoms with E-state index >= 15 is 0 Å². The van der Waals surface area contributed by atoms with E-state index in [1.54, 1.807) is 28.0 Å². The molecule has 3 rings (SSSR count). The number of aromatic nitrogens is 2. The third kappa shape index (κ3) is 3.71. The average Bonchev–Trinajstić information content (AvgIpc) is 3.03. The van der Waals surface area contributed by atoms with E-state index in [9.17, 15) is 9.18 Å². The summed E-state index contributed by atoms with van der Waals surface area (Å²) in [5.74, 6) is -0.343. The van der Waals surface area contributed by atoms with Crippen LogP contribution in [-0.4, -0.2) is 40.2 Å². The number of benzene rings is 1. The fourth-order valence-electron chi connectivity index (χ4n) is 2.77. The average molecular weight is 339 g/mol. The second-order valence-electron chi connectivity index (χ2n) is 5.36. The fraction of sp³-hybridized carbons (Fsp3) is 0.375. The number of aryl methyl sites for hydroxylation is 1. The molecular weight excluding hydrogens is 319 g/mol. The first-order valence-electron chi connectivity index (χ1n) is 7.48. The van der Waals surface area contributed by atoms with Crippen molar-refractivity contribution in [1.82, 2.24) is 20.0 Å². The minimum Gasteiger partial charge on any atom is -0.329 e. The highest BCUT2D eigenvalue weighted by molar-refractivity contribution is 5.94. The van der Waals surface area contributed by atoms with Gasteiger partial charge in [0.05, 0.1) is 17.8 Å². The van der Waals surface area contributed by atoms with Crippen LogP contribution in [0.5, 0.6) is 0 Å². The number of amides is 1. The van der Waals surface area contributed by atoms with Crippen molar-refractivity contribution in [2.75, 3.05) is 19.6 Å². The van der Waals surface area contributed by atoms with Gasteiger partial charge in [0.1, 0.15) is 5.82 Å². The second-order valence-corrected chi connectivity index (χ2v) is 5.36. The van der Waals surface area contributed by atoms with Crippen molar-refractivity contribution < 1.29 is 9.18 Å². The number of hydrogen-bond donors (Lipinski definition) is 1. The van der Waals surface area contributed by atoms with Crippen LogP contribution in [-0.2, 0) is 6.54 Å². The minimum atomic E-state index is -0.283. The molecule has 0 saturated carbocycles. The Morgan fingerprint density at radius 2 is 2.30 bits per heavy atom. The fourth-order valence-corrected chi connectivity index (χ4v) is 2.77. The summed E-state index contributed by atoms with van der Waals surface area (Å²) in [5.41, 5.74) is 1.38. The summed E-state index contributed by atoms with van der Waals surface area (Å²) in [7, 11) is 0. The Hall–Kier alpha value is -1.92. The van der Waals surface area contributed by atoms with Gasteiger partial charge in [0.2, 0.25) is 0 Å². The van der Waals surface area contributed by atoms with Crippen molar-refractivity contribution in [3.8, 4) is 0 Å². The molecule has 0 spiro atoms. The van der Waals surface area contributed by atoms with Crippen LogP contribution in [0.4, 0.5) is 4.39 Å². The third-order valence-corrected chi connectivity index (χ3v) is 3.94. The predicted octanol–water partition coefficient (Wildman–Crippen LogP) is 2.25. The number of piperazine rings is 1. The maximum atomic E-state index is 13.5. The molecule has 1 aliphatic rings. The molecule has 1 amide bonds. The van der Waals surface area contributed by atoms with Crippen LogP contribution in [0, 0.1) is 5.82 Å². The Morgan fingerprint density at radius 1 is 1.48 bits per heavy atom. The van der Waals surface area contributed by atoms with Gasteiger partial charge in [-0.25, -0.2) is 4.39 Å². The molecule has 1 aromatic heterocycles. The molecular formula is C16H20ClFN4O. The molecule has 1 unspecified atom stereocenters. The molecule has 1 N–H and O–H groups in total. The highest BCUT2D eigenvalue weighted by atomic mass is 35.5. The predicted molar refractivity (Wildman–Crippen MR) is 88.2 cm³/mol. The molecule has 124 valence electrons. The molecule has 23 heavy (non-hydrogen) atoms. The number of carbonyl (C=O) groups excluding carboxylic acids is 1. The lowest BCUT2D eigenvalue weighted by Crippen LogP contribution is -2.48. The lowest BCUT2D eigenvalue weighted by Gasteiger charge is -2.36. The van der Waals surface area contributed by atoms with Crippen molar-refractivity contribution in [3.05, 3.63) is 53.6 Å². The van der Waals surface area contributed by atoms with Crippen LogP contribution < -0.4 is 5.32 Å². The van der Waals surface area contributed by atoms with Gasteiger partial charge in [0, 0.05) is 32.4 Å². The van der Waals surface area contributed by atoms with E-state index in [1.165, 1.54) is 12.1 Å². The number of halogens is 2. The summed E-state index contributed by atoms with van der Waals surface area (Å²) in [4.78, 5) is 14.5. The Labute approximate surface area is 140 Å². The Kier molecular flexibility index (Phi) is 5.74. The smallest absolute Gasteiger partial charge is 0.257 e. The van der Waals surface area contributed by atoms with Crippen molar-refractivity contribution in [2.45, 2.75) is 19.5 Å². The quantitative estimate of drug-likeness (QED) is 0.934. The standard InChI is InChI=1S/C16H19FN4O.ClH/c1-2-20-11-13(9-19-20)16(22)21-7-6-18-10-15(21)12-4-3-5-14(17)8-12;/h3-5,8-9,11,15,18H,2,6-7,10H2,1H3;1H. The monoisotopic (exact) mass is 338 g/mol. The van der Waals surface area contributed by atoms with E-state index in [0.29, 0.717) is 18.7 Å². The molecule has 5 nitrogen and oxygen atoms in total. The first-order valence-corrected chi connectivity index (χ1v) is 7.48. The van der Waals surface area contributed by atoms with Crippen LogP contribution in [0.15, 0.2) is 36.7 Å². The minimum absolute atomic E-state index is 0. The third-order valence-electron chi connectivity index (χ3n) is 3.94. The Morgan fingerprint density at radius 3 is 3.00 bits per heavy atom. The van der Waals surface area contributed by atoms with Crippen LogP contribution in [0.25, 0.3) is 0 Å². The zero-order valence-corrected chi connectivity index (χ0v) is 13.7. The zero-order chi connectivity index (χ0) is 15.5.